The quantitative estimate of drug-likeness (QED) is 0.495. The molecule has 0 saturated heterocycles. The zero-order chi connectivity index (χ0) is 21.4. The highest BCUT2D eigenvalue weighted by Gasteiger charge is 2.14. The van der Waals surface area contributed by atoms with Gasteiger partial charge >= 0.3 is 0 Å². The predicted molar refractivity (Wildman–Crippen MR) is 120 cm³/mol. The lowest BCUT2D eigenvalue weighted by Crippen LogP contribution is -2.27. The first kappa shape index (κ1) is 20.0. The van der Waals surface area contributed by atoms with Gasteiger partial charge in [-0.3, -0.25) is 14.2 Å². The number of aromatic nitrogens is 4. The van der Waals surface area contributed by atoms with Crippen LogP contribution < -0.4 is 10.9 Å². The second-order valence-electron chi connectivity index (χ2n) is 7.33. The van der Waals surface area contributed by atoms with Gasteiger partial charge in [0.2, 0.25) is 5.91 Å². The SMILES string of the molecule is Cc1cc(C)cc(-n2ncc3c(=O)n(CC(=O)Nc4ccc(Br)c(C)c4)cnc32)c1. The number of fused-ring (bicyclic) bond motifs is 1. The molecule has 0 atom stereocenters. The fourth-order valence-corrected chi connectivity index (χ4v) is 3.65. The van der Waals surface area contributed by atoms with Crippen molar-refractivity contribution in [3.05, 3.63) is 80.4 Å². The van der Waals surface area contributed by atoms with Gasteiger partial charge in [-0.05, 0) is 67.8 Å². The van der Waals surface area contributed by atoms with Crippen LogP contribution in [0.2, 0.25) is 0 Å². The third-order valence-electron chi connectivity index (χ3n) is 4.76. The molecule has 2 heterocycles. The minimum Gasteiger partial charge on any atom is -0.325 e. The van der Waals surface area contributed by atoms with Crippen LogP contribution in [0, 0.1) is 20.8 Å². The van der Waals surface area contributed by atoms with Crippen molar-refractivity contribution >= 4 is 38.6 Å². The lowest BCUT2D eigenvalue weighted by atomic mass is 10.1. The fourth-order valence-electron chi connectivity index (χ4n) is 3.40. The minimum absolute atomic E-state index is 0.133. The van der Waals surface area contributed by atoms with Crippen molar-refractivity contribution in [3.8, 4) is 5.69 Å². The van der Waals surface area contributed by atoms with E-state index < -0.39 is 0 Å². The van der Waals surface area contributed by atoms with Crippen LogP contribution in [0.4, 0.5) is 5.69 Å². The van der Waals surface area contributed by atoms with Gasteiger partial charge < -0.3 is 5.32 Å². The first-order valence-corrected chi connectivity index (χ1v) is 10.2. The Morgan fingerprint density at radius 1 is 1.10 bits per heavy atom. The van der Waals surface area contributed by atoms with E-state index in [1.165, 1.54) is 17.1 Å². The Morgan fingerprint density at radius 3 is 2.53 bits per heavy atom. The summed E-state index contributed by atoms with van der Waals surface area (Å²) >= 11 is 3.43. The number of rotatable bonds is 4. The van der Waals surface area contributed by atoms with Crippen molar-refractivity contribution in [2.75, 3.05) is 5.32 Å². The summed E-state index contributed by atoms with van der Waals surface area (Å²) in [5, 5.41) is 7.52. The normalized spacial score (nSPS) is 11.1. The van der Waals surface area contributed by atoms with Crippen LogP contribution in [-0.2, 0) is 11.3 Å². The highest BCUT2D eigenvalue weighted by Crippen LogP contribution is 2.20. The molecule has 30 heavy (non-hydrogen) atoms. The van der Waals surface area contributed by atoms with E-state index in [1.54, 1.807) is 10.7 Å². The molecule has 0 saturated carbocycles. The van der Waals surface area contributed by atoms with Crippen molar-refractivity contribution in [3.63, 3.8) is 0 Å². The largest absolute Gasteiger partial charge is 0.325 e. The van der Waals surface area contributed by atoms with Crippen molar-refractivity contribution in [2.24, 2.45) is 0 Å². The number of hydrogen-bond acceptors (Lipinski definition) is 4. The van der Waals surface area contributed by atoms with E-state index in [2.05, 4.69) is 37.4 Å². The van der Waals surface area contributed by atoms with Gasteiger partial charge in [0.1, 0.15) is 18.3 Å². The van der Waals surface area contributed by atoms with Crippen LogP contribution in [0.25, 0.3) is 16.7 Å². The van der Waals surface area contributed by atoms with E-state index >= 15 is 0 Å². The molecule has 0 aliphatic rings. The number of carbonyl (C=O) groups is 1. The molecule has 152 valence electrons. The van der Waals surface area contributed by atoms with Gasteiger partial charge in [-0.1, -0.05) is 22.0 Å². The summed E-state index contributed by atoms with van der Waals surface area (Å²) in [6.07, 6.45) is 2.88. The summed E-state index contributed by atoms with van der Waals surface area (Å²) < 4.78 is 3.90. The van der Waals surface area contributed by atoms with Crippen LogP contribution in [0.1, 0.15) is 16.7 Å². The molecule has 0 spiro atoms. The third-order valence-corrected chi connectivity index (χ3v) is 5.65. The number of benzene rings is 2. The Kier molecular flexibility index (Phi) is 5.26. The molecule has 2 aromatic carbocycles. The minimum atomic E-state index is -0.308. The standard InChI is InChI=1S/C22H20BrN5O2/c1-13-6-14(2)8-17(7-13)28-21-18(10-25-28)22(30)27(12-24-21)11-20(29)26-16-4-5-19(23)15(3)9-16/h4-10,12H,11H2,1-3H3,(H,26,29). The van der Waals surface area contributed by atoms with Gasteiger partial charge in [0.05, 0.1) is 11.9 Å². The molecule has 0 aliphatic heterocycles. The van der Waals surface area contributed by atoms with Gasteiger partial charge in [0, 0.05) is 10.2 Å². The van der Waals surface area contributed by atoms with E-state index in [9.17, 15) is 9.59 Å². The fraction of sp³-hybridized carbons (Fsp3) is 0.182. The van der Waals surface area contributed by atoms with E-state index in [1.807, 2.05) is 45.0 Å². The number of amides is 1. The number of nitrogens with zero attached hydrogens (tertiary/aromatic N) is 4. The lowest BCUT2D eigenvalue weighted by Gasteiger charge is -2.09. The molecular formula is C22H20BrN5O2. The van der Waals surface area contributed by atoms with Gasteiger partial charge in [-0.2, -0.15) is 5.10 Å². The average Bonchev–Trinajstić information content (AvgIpc) is 3.11. The Morgan fingerprint density at radius 2 is 1.83 bits per heavy atom. The molecule has 8 heteroatoms. The summed E-state index contributed by atoms with van der Waals surface area (Å²) in [5.41, 5.74) is 4.87. The van der Waals surface area contributed by atoms with Crippen molar-refractivity contribution < 1.29 is 4.79 Å². The van der Waals surface area contributed by atoms with Gasteiger partial charge in [0.15, 0.2) is 5.65 Å². The monoisotopic (exact) mass is 465 g/mol. The molecule has 1 N–H and O–H groups in total. The summed E-state index contributed by atoms with van der Waals surface area (Å²) in [6, 6.07) is 11.6. The number of anilines is 1. The Bertz CT molecular complexity index is 1320. The topological polar surface area (TPSA) is 81.8 Å². The predicted octanol–water partition coefficient (Wildman–Crippen LogP) is 3.91. The summed E-state index contributed by atoms with van der Waals surface area (Å²) in [7, 11) is 0. The summed E-state index contributed by atoms with van der Waals surface area (Å²) in [5.74, 6) is -0.304. The first-order chi connectivity index (χ1) is 14.3. The van der Waals surface area contributed by atoms with E-state index in [4.69, 9.17) is 0 Å². The van der Waals surface area contributed by atoms with Crippen molar-refractivity contribution in [2.45, 2.75) is 27.3 Å². The van der Waals surface area contributed by atoms with E-state index in [-0.39, 0.29) is 18.0 Å². The molecule has 2 aromatic heterocycles. The highest BCUT2D eigenvalue weighted by atomic mass is 79.9. The highest BCUT2D eigenvalue weighted by molar-refractivity contribution is 9.10. The maximum Gasteiger partial charge on any atom is 0.264 e. The Hall–Kier alpha value is -3.26. The maximum atomic E-state index is 12.9. The number of hydrogen-bond donors (Lipinski definition) is 1. The maximum absolute atomic E-state index is 12.9. The average molecular weight is 466 g/mol. The number of nitrogens with one attached hydrogen (secondary N) is 1. The van der Waals surface area contributed by atoms with Crippen molar-refractivity contribution in [1.29, 1.82) is 0 Å². The number of halogens is 1. The number of carbonyl (C=O) groups excluding carboxylic acids is 1. The Balaban J connectivity index is 1.62. The van der Waals surface area contributed by atoms with Crippen LogP contribution in [0.15, 0.2) is 58.2 Å². The molecule has 7 nitrogen and oxygen atoms in total. The molecule has 0 aliphatic carbocycles. The summed E-state index contributed by atoms with van der Waals surface area (Å²) in [6.45, 7) is 5.82. The smallest absolute Gasteiger partial charge is 0.264 e. The second-order valence-corrected chi connectivity index (χ2v) is 8.18. The molecular weight excluding hydrogens is 446 g/mol. The van der Waals surface area contributed by atoms with Crippen LogP contribution in [0.5, 0.6) is 0 Å². The van der Waals surface area contributed by atoms with Gasteiger partial charge in [-0.15, -0.1) is 0 Å². The lowest BCUT2D eigenvalue weighted by molar-refractivity contribution is -0.116. The van der Waals surface area contributed by atoms with Crippen LogP contribution >= 0.6 is 15.9 Å². The van der Waals surface area contributed by atoms with E-state index in [0.717, 1.165) is 26.9 Å². The summed E-state index contributed by atoms with van der Waals surface area (Å²) in [4.78, 5) is 29.7. The van der Waals surface area contributed by atoms with Crippen LogP contribution in [0.3, 0.4) is 0 Å². The van der Waals surface area contributed by atoms with Gasteiger partial charge in [0.25, 0.3) is 5.56 Å². The van der Waals surface area contributed by atoms with E-state index in [0.29, 0.717) is 16.7 Å². The molecule has 0 fully saturated rings. The molecule has 4 rings (SSSR count). The second kappa shape index (κ2) is 7.87. The molecule has 0 bridgehead atoms. The molecule has 0 unspecified atom stereocenters. The van der Waals surface area contributed by atoms with Crippen molar-refractivity contribution in [1.82, 2.24) is 19.3 Å². The van der Waals surface area contributed by atoms with Gasteiger partial charge in [-0.25, -0.2) is 9.67 Å². The third kappa shape index (κ3) is 3.91. The van der Waals surface area contributed by atoms with Crippen LogP contribution in [-0.4, -0.2) is 25.2 Å². The molecule has 1 amide bonds. The number of aryl methyl sites for hydroxylation is 3. The molecule has 0 radical (unpaired) electrons. The Labute approximate surface area is 181 Å². The first-order valence-electron chi connectivity index (χ1n) is 9.39. The zero-order valence-corrected chi connectivity index (χ0v) is 18.4. The zero-order valence-electron chi connectivity index (χ0n) is 16.8. The molecule has 4 aromatic rings.